The van der Waals surface area contributed by atoms with Crippen molar-refractivity contribution in [1.82, 2.24) is 4.98 Å². The van der Waals surface area contributed by atoms with Crippen LogP contribution in [0.2, 0.25) is 0 Å². The maximum atomic E-state index is 5.42. The van der Waals surface area contributed by atoms with Gasteiger partial charge >= 0.3 is 0 Å². The first-order chi connectivity index (χ1) is 11.7. The lowest BCUT2D eigenvalue weighted by Crippen LogP contribution is -1.86. The maximum Gasteiger partial charge on any atom is 0.126 e. The number of hydrogen-bond donors (Lipinski definition) is 0. The van der Waals surface area contributed by atoms with E-state index in [0.717, 1.165) is 26.3 Å². The summed E-state index contributed by atoms with van der Waals surface area (Å²) in [4.78, 5) is 4.81. The summed E-state index contributed by atoms with van der Waals surface area (Å²) in [5.74, 6) is 0.848. The molecular weight excluding hydrogens is 382 g/mol. The topological polar surface area (TPSA) is 22.1 Å². The lowest BCUT2D eigenvalue weighted by molar-refractivity contribution is 0.414. The van der Waals surface area contributed by atoms with Gasteiger partial charge in [-0.05, 0) is 41.8 Å². The van der Waals surface area contributed by atoms with Gasteiger partial charge in [-0.15, -0.1) is 11.3 Å². The summed E-state index contributed by atoms with van der Waals surface area (Å²) in [6, 6.07) is 18.6. The van der Waals surface area contributed by atoms with Crippen LogP contribution < -0.4 is 4.74 Å². The fourth-order valence-electron chi connectivity index (χ4n) is 2.75. The summed E-state index contributed by atoms with van der Waals surface area (Å²) in [5.41, 5.74) is 2.09. The molecule has 0 saturated carbocycles. The van der Waals surface area contributed by atoms with E-state index in [4.69, 9.17) is 9.72 Å². The third-order valence-corrected chi connectivity index (χ3v) is 5.38. The summed E-state index contributed by atoms with van der Waals surface area (Å²) in [6.45, 7) is 0. The maximum absolute atomic E-state index is 5.42. The van der Waals surface area contributed by atoms with Gasteiger partial charge in [0.15, 0.2) is 0 Å². The van der Waals surface area contributed by atoms with E-state index in [1.165, 1.54) is 15.5 Å². The van der Waals surface area contributed by atoms with Crippen molar-refractivity contribution in [1.29, 1.82) is 0 Å². The molecule has 0 N–H and O–H groups in total. The van der Waals surface area contributed by atoms with Gasteiger partial charge in [-0.1, -0.05) is 46.3 Å². The summed E-state index contributed by atoms with van der Waals surface area (Å²) in [7, 11) is 1.68. The number of benzene rings is 3. The van der Waals surface area contributed by atoms with Crippen molar-refractivity contribution in [2.45, 2.75) is 0 Å². The molecule has 0 aliphatic carbocycles. The van der Waals surface area contributed by atoms with Crippen molar-refractivity contribution in [3.63, 3.8) is 0 Å². The summed E-state index contributed by atoms with van der Waals surface area (Å²) in [5, 5.41) is 3.41. The van der Waals surface area contributed by atoms with Crippen LogP contribution in [0.15, 0.2) is 59.1 Å². The minimum absolute atomic E-state index is 0.848. The largest absolute Gasteiger partial charge is 0.496 e. The average Bonchev–Trinajstić information content (AvgIpc) is 3.03. The van der Waals surface area contributed by atoms with E-state index in [2.05, 4.69) is 52.3 Å². The van der Waals surface area contributed by atoms with Crippen LogP contribution in [0.4, 0.5) is 0 Å². The molecular formula is C20H14BrNOS. The van der Waals surface area contributed by atoms with Gasteiger partial charge in [0.1, 0.15) is 10.8 Å². The Bertz CT molecular complexity index is 1070. The number of nitrogens with zero attached hydrogens (tertiary/aromatic N) is 1. The van der Waals surface area contributed by atoms with Gasteiger partial charge < -0.3 is 4.74 Å². The van der Waals surface area contributed by atoms with Crippen LogP contribution in [0.1, 0.15) is 10.6 Å². The highest BCUT2D eigenvalue weighted by Gasteiger charge is 2.06. The lowest BCUT2D eigenvalue weighted by Gasteiger charge is -2.04. The lowest BCUT2D eigenvalue weighted by atomic mass is 10.1. The predicted molar refractivity (Wildman–Crippen MR) is 107 cm³/mol. The van der Waals surface area contributed by atoms with Crippen molar-refractivity contribution in [3.8, 4) is 5.75 Å². The number of methoxy groups -OCH3 is 1. The Labute approximate surface area is 152 Å². The van der Waals surface area contributed by atoms with Crippen molar-refractivity contribution in [3.05, 3.63) is 69.6 Å². The summed E-state index contributed by atoms with van der Waals surface area (Å²) < 4.78 is 7.65. The highest BCUT2D eigenvalue weighted by atomic mass is 79.9. The van der Waals surface area contributed by atoms with E-state index >= 15 is 0 Å². The molecule has 0 radical (unpaired) electrons. The average molecular weight is 396 g/mol. The second-order valence-corrected chi connectivity index (χ2v) is 7.38. The first kappa shape index (κ1) is 15.4. The van der Waals surface area contributed by atoms with Gasteiger partial charge in [-0.2, -0.15) is 0 Å². The predicted octanol–water partition coefficient (Wildman–Crippen LogP) is 6.39. The molecule has 118 valence electrons. The standard InChI is InChI=1S/C20H14BrNOS/c1-23-17-9-8-15(21)12-14(17)7-11-19-22-20-16-5-3-2-4-13(16)6-10-18(20)24-19/h2-12H,1H3. The van der Waals surface area contributed by atoms with Gasteiger partial charge in [0, 0.05) is 15.4 Å². The molecule has 1 heterocycles. The van der Waals surface area contributed by atoms with Crippen LogP contribution in [-0.4, -0.2) is 12.1 Å². The molecule has 4 heteroatoms. The molecule has 0 saturated heterocycles. The number of halogens is 1. The van der Waals surface area contributed by atoms with Crippen LogP contribution >= 0.6 is 27.3 Å². The molecule has 0 unspecified atom stereocenters. The Kier molecular flexibility index (Phi) is 4.08. The quantitative estimate of drug-likeness (QED) is 0.400. The van der Waals surface area contributed by atoms with Crippen LogP contribution in [0.5, 0.6) is 5.75 Å². The molecule has 0 aliphatic heterocycles. The normalized spacial score (nSPS) is 11.6. The van der Waals surface area contributed by atoms with E-state index in [9.17, 15) is 0 Å². The number of thiazole rings is 1. The molecule has 0 aliphatic rings. The minimum Gasteiger partial charge on any atom is -0.496 e. The number of rotatable bonds is 3. The molecule has 2 nitrogen and oxygen atoms in total. The molecule has 0 bridgehead atoms. The van der Waals surface area contributed by atoms with Crippen molar-refractivity contribution < 1.29 is 4.74 Å². The Morgan fingerprint density at radius 1 is 1.04 bits per heavy atom. The van der Waals surface area contributed by atoms with Crippen molar-refractivity contribution >= 4 is 60.4 Å². The molecule has 24 heavy (non-hydrogen) atoms. The molecule has 3 aromatic carbocycles. The first-order valence-electron chi connectivity index (χ1n) is 7.54. The van der Waals surface area contributed by atoms with E-state index in [-0.39, 0.29) is 0 Å². The second kappa shape index (κ2) is 6.38. The Hall–Kier alpha value is -2.17. The van der Waals surface area contributed by atoms with Crippen molar-refractivity contribution in [2.75, 3.05) is 7.11 Å². The number of aromatic nitrogens is 1. The SMILES string of the molecule is COc1ccc(Br)cc1C=Cc1nc2c(ccc3ccccc32)s1. The zero-order valence-electron chi connectivity index (χ0n) is 13.0. The molecule has 4 aromatic rings. The molecule has 0 spiro atoms. The van der Waals surface area contributed by atoms with E-state index in [1.807, 2.05) is 30.4 Å². The van der Waals surface area contributed by atoms with Crippen LogP contribution in [0, 0.1) is 0 Å². The Balaban J connectivity index is 1.78. The fourth-order valence-corrected chi connectivity index (χ4v) is 4.01. The Morgan fingerprint density at radius 2 is 1.92 bits per heavy atom. The molecule has 0 amide bonds. The van der Waals surface area contributed by atoms with Crippen LogP contribution in [-0.2, 0) is 0 Å². The first-order valence-corrected chi connectivity index (χ1v) is 9.15. The van der Waals surface area contributed by atoms with Gasteiger partial charge in [0.05, 0.1) is 17.3 Å². The zero-order valence-corrected chi connectivity index (χ0v) is 15.4. The molecule has 1 aromatic heterocycles. The van der Waals surface area contributed by atoms with E-state index in [1.54, 1.807) is 18.4 Å². The second-order valence-electron chi connectivity index (χ2n) is 5.41. The number of fused-ring (bicyclic) bond motifs is 3. The molecule has 4 rings (SSSR count). The van der Waals surface area contributed by atoms with Crippen molar-refractivity contribution in [2.24, 2.45) is 0 Å². The smallest absolute Gasteiger partial charge is 0.126 e. The minimum atomic E-state index is 0.848. The highest BCUT2D eigenvalue weighted by molar-refractivity contribution is 9.10. The van der Waals surface area contributed by atoms with Crippen LogP contribution in [0.3, 0.4) is 0 Å². The fraction of sp³-hybridized carbons (Fsp3) is 0.0500. The van der Waals surface area contributed by atoms with E-state index in [0.29, 0.717) is 0 Å². The van der Waals surface area contributed by atoms with Gasteiger partial charge in [-0.3, -0.25) is 0 Å². The zero-order chi connectivity index (χ0) is 16.5. The van der Waals surface area contributed by atoms with E-state index < -0.39 is 0 Å². The summed E-state index contributed by atoms with van der Waals surface area (Å²) in [6.07, 6.45) is 4.09. The number of ether oxygens (including phenoxy) is 1. The molecule has 0 fully saturated rings. The van der Waals surface area contributed by atoms with Gasteiger partial charge in [0.25, 0.3) is 0 Å². The Morgan fingerprint density at radius 3 is 2.79 bits per heavy atom. The van der Waals surface area contributed by atoms with Gasteiger partial charge in [-0.25, -0.2) is 4.98 Å². The summed E-state index contributed by atoms with van der Waals surface area (Å²) >= 11 is 5.20. The highest BCUT2D eigenvalue weighted by Crippen LogP contribution is 2.31. The van der Waals surface area contributed by atoms with Crippen LogP contribution in [0.25, 0.3) is 33.1 Å². The molecule has 0 atom stereocenters. The monoisotopic (exact) mass is 395 g/mol. The van der Waals surface area contributed by atoms with Gasteiger partial charge in [0.2, 0.25) is 0 Å². The third-order valence-electron chi connectivity index (χ3n) is 3.90. The number of hydrogen-bond acceptors (Lipinski definition) is 3. The third kappa shape index (κ3) is 2.83.